The molecular formula is C12H10BrClFN3O2. The van der Waals surface area contributed by atoms with E-state index < -0.39 is 11.8 Å². The molecule has 0 radical (unpaired) electrons. The number of halogens is 3. The first-order valence-electron chi connectivity index (χ1n) is 5.44. The van der Waals surface area contributed by atoms with Crippen molar-refractivity contribution in [3.05, 3.63) is 39.0 Å². The summed E-state index contributed by atoms with van der Waals surface area (Å²) in [7, 11) is 1.23. The van der Waals surface area contributed by atoms with Gasteiger partial charge in [-0.2, -0.15) is 0 Å². The minimum atomic E-state index is -0.654. The second kappa shape index (κ2) is 5.41. The van der Waals surface area contributed by atoms with E-state index in [1.807, 2.05) is 0 Å². The number of hydrogen-bond donors (Lipinski definition) is 1. The average molecular weight is 363 g/mol. The number of aryl methyl sites for hydroxylation is 1. The van der Waals surface area contributed by atoms with Gasteiger partial charge in [0.25, 0.3) is 0 Å². The quantitative estimate of drug-likeness (QED) is 0.833. The van der Waals surface area contributed by atoms with Crippen molar-refractivity contribution in [2.75, 3.05) is 12.8 Å². The van der Waals surface area contributed by atoms with E-state index in [2.05, 4.69) is 25.7 Å². The molecule has 2 N–H and O–H groups in total. The van der Waals surface area contributed by atoms with Crippen molar-refractivity contribution in [1.29, 1.82) is 0 Å². The number of anilines is 1. The summed E-state index contributed by atoms with van der Waals surface area (Å²) in [5, 5.41) is 0.139. The van der Waals surface area contributed by atoms with Crippen LogP contribution in [0.2, 0.25) is 5.02 Å². The van der Waals surface area contributed by atoms with Gasteiger partial charge in [0.05, 0.1) is 17.8 Å². The van der Waals surface area contributed by atoms with Crippen molar-refractivity contribution >= 4 is 39.3 Å². The molecule has 0 aliphatic heterocycles. The lowest BCUT2D eigenvalue weighted by Gasteiger charge is -2.12. The van der Waals surface area contributed by atoms with E-state index in [1.165, 1.54) is 17.7 Å². The molecule has 20 heavy (non-hydrogen) atoms. The van der Waals surface area contributed by atoms with E-state index in [9.17, 15) is 9.18 Å². The normalized spacial score (nSPS) is 10.7. The maximum Gasteiger partial charge on any atom is 0.360 e. The van der Waals surface area contributed by atoms with Gasteiger partial charge in [0.15, 0.2) is 5.69 Å². The van der Waals surface area contributed by atoms with E-state index in [4.69, 9.17) is 17.3 Å². The van der Waals surface area contributed by atoms with Crippen LogP contribution in [0.4, 0.5) is 10.2 Å². The van der Waals surface area contributed by atoms with Crippen molar-refractivity contribution in [3.8, 4) is 5.69 Å². The summed E-state index contributed by atoms with van der Waals surface area (Å²) < 4.78 is 19.7. The molecule has 0 saturated heterocycles. The second-order valence-corrected chi connectivity index (χ2v) is 5.20. The van der Waals surface area contributed by atoms with Gasteiger partial charge in [-0.15, -0.1) is 0 Å². The lowest BCUT2D eigenvalue weighted by Crippen LogP contribution is -2.08. The Morgan fingerprint density at radius 2 is 2.20 bits per heavy atom. The predicted octanol–water partition coefficient (Wildman–Crippen LogP) is 3.10. The fourth-order valence-electron chi connectivity index (χ4n) is 1.83. The first-order valence-corrected chi connectivity index (χ1v) is 6.62. The SMILES string of the molecule is COC(=O)c1nc(C)n(-c2c(Cl)cc(F)cc2Br)c1N. The average Bonchev–Trinajstić information content (AvgIpc) is 2.65. The third-order valence-electron chi connectivity index (χ3n) is 2.66. The number of rotatable bonds is 2. The minimum Gasteiger partial charge on any atom is -0.464 e. The third kappa shape index (κ3) is 2.38. The zero-order valence-corrected chi connectivity index (χ0v) is 12.9. The monoisotopic (exact) mass is 361 g/mol. The summed E-state index contributed by atoms with van der Waals surface area (Å²) in [5.74, 6) is -0.644. The summed E-state index contributed by atoms with van der Waals surface area (Å²) in [4.78, 5) is 15.6. The molecule has 0 aliphatic carbocycles. The van der Waals surface area contributed by atoms with Gasteiger partial charge in [0.1, 0.15) is 17.5 Å². The van der Waals surface area contributed by atoms with Gasteiger partial charge >= 0.3 is 5.97 Å². The largest absolute Gasteiger partial charge is 0.464 e. The summed E-state index contributed by atoms with van der Waals surface area (Å²) in [5.41, 5.74) is 6.31. The molecule has 0 spiro atoms. The molecule has 1 heterocycles. The van der Waals surface area contributed by atoms with Crippen LogP contribution >= 0.6 is 27.5 Å². The molecule has 0 aliphatic rings. The van der Waals surface area contributed by atoms with Crippen molar-refractivity contribution in [2.24, 2.45) is 0 Å². The summed E-state index contributed by atoms with van der Waals surface area (Å²) in [6, 6.07) is 2.40. The highest BCUT2D eigenvalue weighted by atomic mass is 79.9. The second-order valence-electron chi connectivity index (χ2n) is 3.94. The number of hydrogen-bond acceptors (Lipinski definition) is 4. The Balaban J connectivity index is 2.71. The maximum atomic E-state index is 13.3. The third-order valence-corrected chi connectivity index (χ3v) is 3.56. The lowest BCUT2D eigenvalue weighted by atomic mass is 10.3. The molecule has 5 nitrogen and oxygen atoms in total. The number of methoxy groups -OCH3 is 1. The highest BCUT2D eigenvalue weighted by Gasteiger charge is 2.22. The van der Waals surface area contributed by atoms with Crippen LogP contribution in [0.1, 0.15) is 16.3 Å². The van der Waals surface area contributed by atoms with Crippen molar-refractivity contribution in [2.45, 2.75) is 6.92 Å². The van der Waals surface area contributed by atoms with Crippen LogP contribution in [0.25, 0.3) is 5.69 Å². The number of ether oxygens (including phenoxy) is 1. The van der Waals surface area contributed by atoms with Crippen LogP contribution in [0.3, 0.4) is 0 Å². The van der Waals surface area contributed by atoms with Crippen molar-refractivity contribution < 1.29 is 13.9 Å². The van der Waals surface area contributed by atoms with E-state index >= 15 is 0 Å². The highest BCUT2D eigenvalue weighted by Crippen LogP contribution is 2.33. The lowest BCUT2D eigenvalue weighted by molar-refractivity contribution is 0.0596. The minimum absolute atomic E-state index is 0.0164. The van der Waals surface area contributed by atoms with E-state index in [0.29, 0.717) is 16.0 Å². The number of nitrogen functional groups attached to an aromatic ring is 1. The molecule has 1 aromatic carbocycles. The van der Waals surface area contributed by atoms with E-state index in [-0.39, 0.29) is 16.5 Å². The molecular weight excluding hydrogens is 353 g/mol. The molecule has 8 heteroatoms. The number of imidazole rings is 1. The molecule has 0 bridgehead atoms. The fourth-order valence-corrected chi connectivity index (χ4v) is 2.84. The zero-order chi connectivity index (χ0) is 15.0. The van der Waals surface area contributed by atoms with E-state index in [1.54, 1.807) is 6.92 Å². The van der Waals surface area contributed by atoms with Gasteiger partial charge < -0.3 is 10.5 Å². The van der Waals surface area contributed by atoms with Crippen molar-refractivity contribution in [3.63, 3.8) is 0 Å². The number of benzene rings is 1. The zero-order valence-electron chi connectivity index (χ0n) is 10.6. The number of carbonyl (C=O) groups is 1. The summed E-state index contributed by atoms with van der Waals surface area (Å²) >= 11 is 9.27. The van der Waals surface area contributed by atoms with Gasteiger partial charge in [0.2, 0.25) is 0 Å². The number of nitrogens with zero attached hydrogens (tertiary/aromatic N) is 2. The first-order chi connectivity index (χ1) is 9.36. The molecule has 0 amide bonds. The Kier molecular flexibility index (Phi) is 4.01. The molecule has 0 unspecified atom stereocenters. The molecule has 0 saturated carbocycles. The van der Waals surface area contributed by atoms with Gasteiger partial charge in [-0.25, -0.2) is 14.2 Å². The standard InChI is InChI=1S/C12H10BrClFN3O2/c1-5-17-9(12(19)20-2)11(16)18(5)10-7(13)3-6(15)4-8(10)14/h3-4H,16H2,1-2H3. The number of aromatic nitrogens is 2. The first kappa shape index (κ1) is 14.8. The smallest absolute Gasteiger partial charge is 0.360 e. The number of carbonyl (C=O) groups excluding carboxylic acids is 1. The van der Waals surface area contributed by atoms with Crippen LogP contribution in [0, 0.1) is 12.7 Å². The van der Waals surface area contributed by atoms with Gasteiger partial charge in [0, 0.05) is 4.47 Å². The Morgan fingerprint density at radius 3 is 2.75 bits per heavy atom. The maximum absolute atomic E-state index is 13.3. The molecule has 2 rings (SSSR count). The van der Waals surface area contributed by atoms with Crippen LogP contribution in [-0.4, -0.2) is 22.6 Å². The molecule has 2 aromatic rings. The van der Waals surface area contributed by atoms with Gasteiger partial charge in [-0.05, 0) is 35.0 Å². The molecule has 0 atom stereocenters. The molecule has 106 valence electrons. The predicted molar refractivity (Wildman–Crippen MR) is 76.7 cm³/mol. The molecule has 0 fully saturated rings. The number of nitrogens with two attached hydrogens (primary N) is 1. The Hall–Kier alpha value is -1.60. The van der Waals surface area contributed by atoms with Crippen LogP contribution in [0.15, 0.2) is 16.6 Å². The van der Waals surface area contributed by atoms with Crippen LogP contribution < -0.4 is 5.73 Å². The Labute approximate surface area is 127 Å². The van der Waals surface area contributed by atoms with Gasteiger partial charge in [-0.3, -0.25) is 4.57 Å². The Morgan fingerprint density at radius 1 is 1.55 bits per heavy atom. The molecule has 1 aromatic heterocycles. The highest BCUT2D eigenvalue weighted by molar-refractivity contribution is 9.10. The summed E-state index contributed by atoms with van der Waals surface area (Å²) in [6.07, 6.45) is 0. The Bertz CT molecular complexity index is 679. The summed E-state index contributed by atoms with van der Waals surface area (Å²) in [6.45, 7) is 1.65. The topological polar surface area (TPSA) is 70.1 Å². The van der Waals surface area contributed by atoms with Crippen LogP contribution in [0.5, 0.6) is 0 Å². The van der Waals surface area contributed by atoms with Crippen molar-refractivity contribution in [1.82, 2.24) is 9.55 Å². The number of esters is 1. The van der Waals surface area contributed by atoms with Crippen LogP contribution in [-0.2, 0) is 4.74 Å². The fraction of sp³-hybridized carbons (Fsp3) is 0.167. The van der Waals surface area contributed by atoms with Gasteiger partial charge in [-0.1, -0.05) is 11.6 Å². The van der Waals surface area contributed by atoms with E-state index in [0.717, 1.165) is 6.07 Å².